The smallest absolute Gasteiger partial charge is 0.226 e. The summed E-state index contributed by atoms with van der Waals surface area (Å²) in [5.41, 5.74) is 0.447. The van der Waals surface area contributed by atoms with Crippen LogP contribution >= 0.6 is 11.8 Å². The number of carbonyl (C=O) groups excluding carboxylic acids is 1. The van der Waals surface area contributed by atoms with Gasteiger partial charge in [-0.1, -0.05) is 11.8 Å². The Morgan fingerprint density at radius 1 is 1.67 bits per heavy atom. The first-order chi connectivity index (χ1) is 8.69. The summed E-state index contributed by atoms with van der Waals surface area (Å²) in [5, 5.41) is 12.3. The van der Waals surface area contributed by atoms with E-state index in [1.165, 1.54) is 18.0 Å². The average Bonchev–Trinajstić information content (AvgIpc) is 2.36. The minimum absolute atomic E-state index is 0.0192. The molecule has 18 heavy (non-hydrogen) atoms. The monoisotopic (exact) mass is 263 g/mol. The first-order valence-electron chi connectivity index (χ1n) is 5.47. The lowest BCUT2D eigenvalue weighted by atomic mass is 9.99. The van der Waals surface area contributed by atoms with Crippen molar-refractivity contribution in [2.24, 2.45) is 5.92 Å². The first kappa shape index (κ1) is 12.6. The second-order valence-electron chi connectivity index (χ2n) is 3.92. The largest absolute Gasteiger partial charge is 0.359 e. The highest BCUT2D eigenvalue weighted by Gasteiger charge is 2.34. The van der Waals surface area contributed by atoms with E-state index in [-0.39, 0.29) is 11.8 Å². The number of hydrogen-bond donors (Lipinski definition) is 1. The fourth-order valence-electron chi connectivity index (χ4n) is 1.80. The van der Waals surface area contributed by atoms with Crippen LogP contribution in [0.4, 0.5) is 5.82 Å². The molecular weight excluding hydrogens is 250 g/mol. The van der Waals surface area contributed by atoms with Crippen molar-refractivity contribution in [3.05, 3.63) is 11.8 Å². The molecule has 2 heterocycles. The van der Waals surface area contributed by atoms with Gasteiger partial charge in [0.1, 0.15) is 11.6 Å². The summed E-state index contributed by atoms with van der Waals surface area (Å²) in [4.78, 5) is 21.7. The van der Waals surface area contributed by atoms with Crippen LogP contribution < -0.4 is 10.2 Å². The van der Waals surface area contributed by atoms with E-state index >= 15 is 0 Å². The molecule has 2 rings (SSSR count). The number of nitriles is 1. The highest BCUT2D eigenvalue weighted by Crippen LogP contribution is 2.27. The molecule has 0 radical (unpaired) electrons. The van der Waals surface area contributed by atoms with Crippen LogP contribution in [-0.4, -0.2) is 42.3 Å². The number of aromatic nitrogens is 2. The van der Waals surface area contributed by atoms with E-state index in [0.29, 0.717) is 29.6 Å². The summed E-state index contributed by atoms with van der Waals surface area (Å²) in [5.74, 6) is 0.634. The predicted molar refractivity (Wildman–Crippen MR) is 68.3 cm³/mol. The van der Waals surface area contributed by atoms with Crippen LogP contribution in [0.25, 0.3) is 0 Å². The number of amides is 1. The maximum atomic E-state index is 11.4. The summed E-state index contributed by atoms with van der Waals surface area (Å²) in [6.45, 7) is 1.19. The van der Waals surface area contributed by atoms with Crippen molar-refractivity contribution in [1.29, 1.82) is 5.26 Å². The Morgan fingerprint density at radius 3 is 2.94 bits per heavy atom. The molecule has 94 valence electrons. The van der Waals surface area contributed by atoms with Gasteiger partial charge in [-0.15, -0.1) is 0 Å². The van der Waals surface area contributed by atoms with Gasteiger partial charge in [0, 0.05) is 20.1 Å². The highest BCUT2D eigenvalue weighted by atomic mass is 32.2. The Morgan fingerprint density at radius 2 is 2.39 bits per heavy atom. The Hall–Kier alpha value is -1.81. The second-order valence-corrected chi connectivity index (χ2v) is 4.70. The number of carbonyl (C=O) groups is 1. The van der Waals surface area contributed by atoms with Crippen LogP contribution in [-0.2, 0) is 4.79 Å². The van der Waals surface area contributed by atoms with Crippen LogP contribution in [0, 0.1) is 17.2 Å². The lowest BCUT2D eigenvalue weighted by Crippen LogP contribution is -2.53. The number of nitrogens with one attached hydrogen (secondary N) is 1. The molecule has 6 nitrogen and oxygen atoms in total. The van der Waals surface area contributed by atoms with Crippen LogP contribution in [0.1, 0.15) is 5.56 Å². The molecule has 1 amide bonds. The van der Waals surface area contributed by atoms with Gasteiger partial charge in [-0.25, -0.2) is 9.97 Å². The third-order valence-electron chi connectivity index (χ3n) is 2.85. The molecule has 0 saturated carbocycles. The third-order valence-corrected chi connectivity index (χ3v) is 3.41. The summed E-state index contributed by atoms with van der Waals surface area (Å²) in [6, 6.07) is 2.08. The van der Waals surface area contributed by atoms with Gasteiger partial charge in [-0.05, 0) is 6.26 Å². The van der Waals surface area contributed by atoms with Gasteiger partial charge in [-0.2, -0.15) is 5.26 Å². The fraction of sp³-hybridized carbons (Fsp3) is 0.455. The maximum absolute atomic E-state index is 11.4. The lowest BCUT2D eigenvalue weighted by Gasteiger charge is -2.39. The molecule has 0 spiro atoms. The average molecular weight is 263 g/mol. The van der Waals surface area contributed by atoms with Crippen LogP contribution in [0.2, 0.25) is 0 Å². The van der Waals surface area contributed by atoms with Crippen molar-refractivity contribution in [2.45, 2.75) is 5.16 Å². The van der Waals surface area contributed by atoms with Gasteiger partial charge in [-0.3, -0.25) is 4.79 Å². The molecule has 1 N–H and O–H groups in total. The molecule has 0 aliphatic carbocycles. The minimum Gasteiger partial charge on any atom is -0.359 e. The lowest BCUT2D eigenvalue weighted by molar-refractivity contribution is -0.125. The Balaban J connectivity index is 2.15. The Kier molecular flexibility index (Phi) is 3.67. The first-order valence-corrected chi connectivity index (χ1v) is 6.69. The molecule has 1 aromatic rings. The number of anilines is 1. The molecule has 1 aliphatic heterocycles. The zero-order valence-corrected chi connectivity index (χ0v) is 11.0. The third kappa shape index (κ3) is 2.24. The highest BCUT2D eigenvalue weighted by molar-refractivity contribution is 7.98. The molecule has 1 aliphatic rings. The van der Waals surface area contributed by atoms with E-state index < -0.39 is 0 Å². The molecule has 0 atom stereocenters. The van der Waals surface area contributed by atoms with Crippen molar-refractivity contribution >= 4 is 23.5 Å². The number of thioether (sulfide) groups is 1. The fourth-order valence-corrected chi connectivity index (χ4v) is 2.13. The predicted octanol–water partition coefficient (Wildman–Crippen LogP) is 0.252. The molecule has 0 unspecified atom stereocenters. The zero-order valence-electron chi connectivity index (χ0n) is 10.2. The van der Waals surface area contributed by atoms with Crippen molar-refractivity contribution in [1.82, 2.24) is 15.3 Å². The van der Waals surface area contributed by atoms with Gasteiger partial charge in [0.15, 0.2) is 11.0 Å². The van der Waals surface area contributed by atoms with Gasteiger partial charge in [0.2, 0.25) is 5.91 Å². The van der Waals surface area contributed by atoms with Crippen LogP contribution in [0.15, 0.2) is 11.4 Å². The standard InChI is InChI=1S/C11H13N5OS/c1-13-10(17)8-5-16(6-8)9-7(3-12)4-14-11(15-9)18-2/h4,8H,5-6H2,1-2H3,(H,13,17). The molecule has 0 aromatic carbocycles. The Labute approximate surface area is 109 Å². The minimum atomic E-state index is -0.0192. The van der Waals surface area contributed by atoms with Crippen molar-refractivity contribution in [2.75, 3.05) is 31.3 Å². The molecule has 0 bridgehead atoms. The van der Waals surface area contributed by atoms with Gasteiger partial charge in [0.05, 0.1) is 12.1 Å². The summed E-state index contributed by atoms with van der Waals surface area (Å²) >= 11 is 1.43. The Bertz CT molecular complexity index is 507. The number of rotatable bonds is 3. The van der Waals surface area contributed by atoms with E-state index in [4.69, 9.17) is 5.26 Å². The van der Waals surface area contributed by atoms with E-state index in [0.717, 1.165) is 0 Å². The van der Waals surface area contributed by atoms with Crippen molar-refractivity contribution in [3.8, 4) is 6.07 Å². The molecule has 1 fully saturated rings. The van der Waals surface area contributed by atoms with E-state index in [1.54, 1.807) is 7.05 Å². The zero-order chi connectivity index (χ0) is 13.1. The molecule has 1 saturated heterocycles. The van der Waals surface area contributed by atoms with Gasteiger partial charge < -0.3 is 10.2 Å². The summed E-state index contributed by atoms with van der Waals surface area (Å²) < 4.78 is 0. The van der Waals surface area contributed by atoms with Crippen LogP contribution in [0.3, 0.4) is 0 Å². The van der Waals surface area contributed by atoms with E-state index in [9.17, 15) is 4.79 Å². The SMILES string of the molecule is CNC(=O)C1CN(c2nc(SC)ncc2C#N)C1. The van der Waals surface area contributed by atoms with E-state index in [2.05, 4.69) is 21.4 Å². The second kappa shape index (κ2) is 5.23. The van der Waals surface area contributed by atoms with Crippen LogP contribution in [0.5, 0.6) is 0 Å². The maximum Gasteiger partial charge on any atom is 0.226 e. The van der Waals surface area contributed by atoms with Crippen molar-refractivity contribution in [3.63, 3.8) is 0 Å². The number of hydrogen-bond acceptors (Lipinski definition) is 6. The van der Waals surface area contributed by atoms with Gasteiger partial charge >= 0.3 is 0 Å². The normalized spacial score (nSPS) is 14.8. The topological polar surface area (TPSA) is 81.9 Å². The molecule has 1 aromatic heterocycles. The quantitative estimate of drug-likeness (QED) is 0.622. The van der Waals surface area contributed by atoms with Crippen molar-refractivity contribution < 1.29 is 4.79 Å². The molecule has 7 heteroatoms. The molecular formula is C11H13N5OS. The summed E-state index contributed by atoms with van der Waals surface area (Å²) in [6.07, 6.45) is 3.41. The van der Waals surface area contributed by atoms with Gasteiger partial charge in [0.25, 0.3) is 0 Å². The number of nitrogens with zero attached hydrogens (tertiary/aromatic N) is 4. The summed E-state index contributed by atoms with van der Waals surface area (Å²) in [7, 11) is 1.63. The van der Waals surface area contributed by atoms with E-state index in [1.807, 2.05) is 11.2 Å².